The van der Waals surface area contributed by atoms with Crippen LogP contribution >= 0.6 is 11.6 Å². The summed E-state index contributed by atoms with van der Waals surface area (Å²) in [4.78, 5) is 35.6. The first-order chi connectivity index (χ1) is 19.1. The van der Waals surface area contributed by atoms with Crippen LogP contribution in [-0.4, -0.2) is 66.6 Å². The Hall–Kier alpha value is -3.14. The number of anilines is 1. The Morgan fingerprint density at radius 2 is 1.55 bits per heavy atom. The molecule has 4 N–H and O–H groups in total. The SMILES string of the molecule is Cc1ccc(CCCCCOC(C(=O)NCCCCNc2ccc(C)c(Cl)c2)C(OCC(=O)O)C(=O)O)cc1C. The molecule has 2 atom stereocenters. The van der Waals surface area contributed by atoms with Crippen LogP contribution in [0.1, 0.15) is 54.4 Å². The minimum Gasteiger partial charge on any atom is -0.480 e. The number of ether oxygens (including phenoxy) is 2. The number of nitrogens with one attached hydrogen (secondary N) is 2. The van der Waals surface area contributed by atoms with Crippen molar-refractivity contribution in [2.75, 3.05) is 31.6 Å². The number of aryl methyl sites for hydroxylation is 4. The van der Waals surface area contributed by atoms with Crippen molar-refractivity contribution in [2.24, 2.45) is 0 Å². The molecule has 0 radical (unpaired) electrons. The Bertz CT molecular complexity index is 1130. The van der Waals surface area contributed by atoms with E-state index in [9.17, 15) is 19.5 Å². The van der Waals surface area contributed by atoms with Crippen LogP contribution in [-0.2, 0) is 30.3 Å². The van der Waals surface area contributed by atoms with E-state index in [1.165, 1.54) is 16.7 Å². The molecule has 40 heavy (non-hydrogen) atoms. The van der Waals surface area contributed by atoms with Crippen LogP contribution in [0.3, 0.4) is 0 Å². The van der Waals surface area contributed by atoms with Gasteiger partial charge in [-0.2, -0.15) is 0 Å². The third-order valence-corrected chi connectivity index (χ3v) is 6.95. The molecule has 0 spiro atoms. The van der Waals surface area contributed by atoms with Gasteiger partial charge in [0.15, 0.2) is 12.2 Å². The van der Waals surface area contributed by atoms with Gasteiger partial charge in [0, 0.05) is 30.4 Å². The third kappa shape index (κ3) is 11.9. The summed E-state index contributed by atoms with van der Waals surface area (Å²) in [5.74, 6) is -3.44. The second-order valence-electron chi connectivity index (χ2n) is 9.87. The standard InChI is InChI=1S/C30H41ClN2O7/c1-20-10-12-23(17-22(20)3)9-5-4-8-16-39-27(28(30(37)38)40-19-26(34)35)29(36)33-15-7-6-14-32-24-13-11-21(2)25(31)18-24/h10-13,17-18,27-28,32H,4-9,14-16,19H2,1-3H3,(H,33,36)(H,34,35)(H,37,38). The maximum atomic E-state index is 12.9. The zero-order chi connectivity index (χ0) is 29.5. The summed E-state index contributed by atoms with van der Waals surface area (Å²) in [6.07, 6.45) is 1.46. The summed E-state index contributed by atoms with van der Waals surface area (Å²) >= 11 is 6.14. The first-order valence-electron chi connectivity index (χ1n) is 13.6. The molecule has 0 aliphatic heterocycles. The van der Waals surface area contributed by atoms with Crippen LogP contribution in [0, 0.1) is 20.8 Å². The summed E-state index contributed by atoms with van der Waals surface area (Å²) in [6, 6.07) is 12.1. The molecule has 1 amide bonds. The monoisotopic (exact) mass is 576 g/mol. The van der Waals surface area contributed by atoms with E-state index in [1.54, 1.807) is 0 Å². The number of aliphatic carboxylic acids is 2. The van der Waals surface area contributed by atoms with E-state index in [1.807, 2.05) is 25.1 Å². The molecule has 2 aromatic rings. The lowest BCUT2D eigenvalue weighted by Gasteiger charge is -2.23. The number of amides is 1. The highest BCUT2D eigenvalue weighted by molar-refractivity contribution is 6.31. The maximum absolute atomic E-state index is 12.9. The quantitative estimate of drug-likeness (QED) is 0.173. The number of unbranched alkanes of at least 4 members (excludes halogenated alkanes) is 3. The summed E-state index contributed by atoms with van der Waals surface area (Å²) in [5, 5.41) is 25.2. The summed E-state index contributed by atoms with van der Waals surface area (Å²) in [5.41, 5.74) is 5.66. The molecule has 2 rings (SSSR count). The lowest BCUT2D eigenvalue weighted by Crippen LogP contribution is -2.49. The van der Waals surface area contributed by atoms with Crippen LogP contribution in [0.4, 0.5) is 5.69 Å². The number of benzene rings is 2. The van der Waals surface area contributed by atoms with Gasteiger partial charge in [-0.1, -0.05) is 42.3 Å². The Morgan fingerprint density at radius 3 is 2.23 bits per heavy atom. The third-order valence-electron chi connectivity index (χ3n) is 6.55. The van der Waals surface area contributed by atoms with Gasteiger partial charge >= 0.3 is 11.9 Å². The predicted molar refractivity (Wildman–Crippen MR) is 155 cm³/mol. The Morgan fingerprint density at radius 1 is 0.825 bits per heavy atom. The lowest BCUT2D eigenvalue weighted by molar-refractivity contribution is -0.172. The van der Waals surface area contributed by atoms with E-state index in [0.717, 1.165) is 36.9 Å². The van der Waals surface area contributed by atoms with Crippen LogP contribution in [0.25, 0.3) is 0 Å². The highest BCUT2D eigenvalue weighted by Gasteiger charge is 2.36. The zero-order valence-corrected chi connectivity index (χ0v) is 24.3. The van der Waals surface area contributed by atoms with Gasteiger partial charge in [-0.3, -0.25) is 4.79 Å². The average Bonchev–Trinajstić information content (AvgIpc) is 2.90. The van der Waals surface area contributed by atoms with Gasteiger partial charge in [-0.05, 0) is 87.3 Å². The molecule has 220 valence electrons. The van der Waals surface area contributed by atoms with Crippen molar-refractivity contribution in [3.8, 4) is 0 Å². The van der Waals surface area contributed by atoms with Crippen molar-refractivity contribution >= 4 is 35.1 Å². The molecule has 9 nitrogen and oxygen atoms in total. The number of carboxylic acids is 2. The number of halogens is 1. The fourth-order valence-electron chi connectivity index (χ4n) is 4.02. The van der Waals surface area contributed by atoms with Gasteiger partial charge in [0.1, 0.15) is 6.61 Å². The van der Waals surface area contributed by atoms with Crippen molar-refractivity contribution in [1.29, 1.82) is 0 Å². The van der Waals surface area contributed by atoms with Crippen molar-refractivity contribution in [2.45, 2.75) is 71.5 Å². The molecule has 0 heterocycles. The molecule has 0 aliphatic rings. The molecular formula is C30H41ClN2O7. The van der Waals surface area contributed by atoms with Crippen LogP contribution < -0.4 is 10.6 Å². The molecule has 10 heteroatoms. The minimum atomic E-state index is -1.74. The number of hydrogen-bond donors (Lipinski definition) is 4. The second kappa shape index (κ2) is 17.5. The van der Waals surface area contributed by atoms with E-state index in [2.05, 4.69) is 42.7 Å². The van der Waals surface area contributed by atoms with Crippen molar-refractivity contribution < 1.29 is 34.1 Å². The summed E-state index contributed by atoms with van der Waals surface area (Å²) in [6.45, 7) is 6.35. The number of hydrogen-bond acceptors (Lipinski definition) is 6. The van der Waals surface area contributed by atoms with E-state index < -0.39 is 36.7 Å². The van der Waals surface area contributed by atoms with E-state index in [0.29, 0.717) is 31.0 Å². The summed E-state index contributed by atoms with van der Waals surface area (Å²) in [7, 11) is 0. The molecule has 0 saturated heterocycles. The zero-order valence-electron chi connectivity index (χ0n) is 23.5. The molecular weight excluding hydrogens is 536 g/mol. The number of carboxylic acid groups (broad SMARTS) is 2. The summed E-state index contributed by atoms with van der Waals surface area (Å²) < 4.78 is 10.7. The second-order valence-corrected chi connectivity index (χ2v) is 10.3. The number of carbonyl (C=O) groups is 3. The van der Waals surface area contributed by atoms with E-state index in [4.69, 9.17) is 26.2 Å². The van der Waals surface area contributed by atoms with Gasteiger partial charge in [0.25, 0.3) is 5.91 Å². The molecule has 0 aliphatic carbocycles. The highest BCUT2D eigenvalue weighted by Crippen LogP contribution is 2.20. The van der Waals surface area contributed by atoms with Gasteiger partial charge in [0.05, 0.1) is 0 Å². The van der Waals surface area contributed by atoms with Crippen molar-refractivity contribution in [3.05, 3.63) is 63.7 Å². The number of rotatable bonds is 19. The van der Waals surface area contributed by atoms with Gasteiger partial charge in [-0.25, -0.2) is 9.59 Å². The van der Waals surface area contributed by atoms with Crippen molar-refractivity contribution in [3.63, 3.8) is 0 Å². The average molecular weight is 577 g/mol. The topological polar surface area (TPSA) is 134 Å². The molecule has 2 unspecified atom stereocenters. The molecule has 0 saturated carbocycles. The molecule has 0 bridgehead atoms. The highest BCUT2D eigenvalue weighted by atomic mass is 35.5. The normalized spacial score (nSPS) is 12.5. The molecule has 0 aromatic heterocycles. The lowest BCUT2D eigenvalue weighted by atomic mass is 10.0. The van der Waals surface area contributed by atoms with Crippen LogP contribution in [0.5, 0.6) is 0 Å². The molecule has 0 fully saturated rings. The predicted octanol–water partition coefficient (Wildman–Crippen LogP) is 4.93. The van der Waals surface area contributed by atoms with Gasteiger partial charge in [0.2, 0.25) is 0 Å². The smallest absolute Gasteiger partial charge is 0.336 e. The Labute approximate surface area is 241 Å². The Balaban J connectivity index is 1.81. The first-order valence-corrected chi connectivity index (χ1v) is 14.0. The van der Waals surface area contributed by atoms with E-state index >= 15 is 0 Å². The minimum absolute atomic E-state index is 0.147. The fraction of sp³-hybridized carbons (Fsp3) is 0.500. The largest absolute Gasteiger partial charge is 0.480 e. The van der Waals surface area contributed by atoms with Crippen LogP contribution in [0.2, 0.25) is 5.02 Å². The van der Waals surface area contributed by atoms with Gasteiger partial charge in [-0.15, -0.1) is 0 Å². The fourth-order valence-corrected chi connectivity index (χ4v) is 4.21. The van der Waals surface area contributed by atoms with Crippen molar-refractivity contribution in [1.82, 2.24) is 5.32 Å². The Kier molecular flexibility index (Phi) is 14.5. The first kappa shape index (κ1) is 33.1. The van der Waals surface area contributed by atoms with E-state index in [-0.39, 0.29) is 6.61 Å². The molecule has 2 aromatic carbocycles. The van der Waals surface area contributed by atoms with Gasteiger partial charge < -0.3 is 30.3 Å². The maximum Gasteiger partial charge on any atom is 0.336 e. The number of carbonyl (C=O) groups excluding carboxylic acids is 1. The van der Waals surface area contributed by atoms with Crippen LogP contribution in [0.15, 0.2) is 36.4 Å².